The molecule has 1 aliphatic rings. The van der Waals surface area contributed by atoms with Gasteiger partial charge >= 0.3 is 0 Å². The average molecular weight is 231 g/mol. The van der Waals surface area contributed by atoms with E-state index in [0.717, 1.165) is 0 Å². The van der Waals surface area contributed by atoms with Gasteiger partial charge in [-0.3, -0.25) is 0 Å². The van der Waals surface area contributed by atoms with Crippen LogP contribution in [-0.2, 0) is 0 Å². The van der Waals surface area contributed by atoms with Crippen molar-refractivity contribution in [3.8, 4) is 0 Å². The van der Waals surface area contributed by atoms with E-state index in [-0.39, 0.29) is 0 Å². The molecule has 1 aromatic rings. The van der Waals surface area contributed by atoms with Crippen LogP contribution in [0.4, 0.5) is 5.69 Å². The summed E-state index contributed by atoms with van der Waals surface area (Å²) in [5.41, 5.74) is 3.96. The van der Waals surface area contributed by atoms with Gasteiger partial charge in [0.05, 0.1) is 0 Å². The van der Waals surface area contributed by atoms with Gasteiger partial charge in [-0.05, 0) is 25.5 Å². The third-order valence-electron chi connectivity index (χ3n) is 2.94. The Bertz CT molecular complexity index is 364. The first-order chi connectivity index (χ1) is 8.19. The van der Waals surface area contributed by atoms with Crippen molar-refractivity contribution in [2.75, 3.05) is 5.32 Å². The van der Waals surface area contributed by atoms with Crippen molar-refractivity contribution in [1.82, 2.24) is 0 Å². The van der Waals surface area contributed by atoms with Crippen LogP contribution >= 0.6 is 0 Å². The van der Waals surface area contributed by atoms with Crippen LogP contribution in [0.2, 0.25) is 0 Å². The van der Waals surface area contributed by atoms with Crippen LogP contribution < -0.4 is 5.32 Å². The van der Waals surface area contributed by atoms with Crippen LogP contribution in [0.15, 0.2) is 30.3 Å². The lowest BCUT2D eigenvalue weighted by Crippen LogP contribution is -2.17. The predicted octanol–water partition coefficient (Wildman–Crippen LogP) is 5.10. The number of benzene rings is 1. The summed E-state index contributed by atoms with van der Waals surface area (Å²) in [7, 11) is 0. The third-order valence-corrected chi connectivity index (χ3v) is 2.94. The number of unbranched alkanes of at least 4 members (excludes halogenated alkanes) is 2. The standard InChI is InChI=1S/C11H13N.C5H12/c1-8-7-9(2)12-11-6-4-3-5-10(8)11;1-3-5-4-2/h3-7,9,12H,1-2H3;3-5H2,1-2H3. The number of allylic oxidation sites excluding steroid dienone is 1. The minimum Gasteiger partial charge on any atom is -0.379 e. The fourth-order valence-electron chi connectivity index (χ4n) is 2.06. The number of para-hydroxylation sites is 1. The summed E-state index contributed by atoms with van der Waals surface area (Å²) in [6.07, 6.45) is 6.33. The van der Waals surface area contributed by atoms with Crippen molar-refractivity contribution in [2.24, 2.45) is 0 Å². The molecule has 1 nitrogen and oxygen atoms in total. The maximum atomic E-state index is 3.41. The Morgan fingerprint density at radius 2 is 1.76 bits per heavy atom. The Balaban J connectivity index is 0.000000249. The Morgan fingerprint density at radius 1 is 1.12 bits per heavy atom. The number of rotatable bonds is 2. The maximum absolute atomic E-state index is 3.41. The normalized spacial score (nSPS) is 17.2. The van der Waals surface area contributed by atoms with Gasteiger partial charge in [-0.2, -0.15) is 0 Å². The summed E-state index contributed by atoms with van der Waals surface area (Å²) in [6, 6.07) is 8.88. The molecule has 1 unspecified atom stereocenters. The zero-order valence-electron chi connectivity index (χ0n) is 11.6. The average Bonchev–Trinajstić information content (AvgIpc) is 2.30. The van der Waals surface area contributed by atoms with Crippen molar-refractivity contribution in [2.45, 2.75) is 53.0 Å². The van der Waals surface area contributed by atoms with Crippen molar-refractivity contribution in [1.29, 1.82) is 0 Å². The van der Waals surface area contributed by atoms with Gasteiger partial charge < -0.3 is 5.32 Å². The van der Waals surface area contributed by atoms with Gasteiger partial charge in [0, 0.05) is 17.3 Å². The van der Waals surface area contributed by atoms with Crippen LogP contribution in [0.3, 0.4) is 0 Å². The zero-order chi connectivity index (χ0) is 12.7. The van der Waals surface area contributed by atoms with Crippen LogP contribution in [-0.4, -0.2) is 6.04 Å². The molecule has 2 rings (SSSR count). The summed E-state index contributed by atoms with van der Waals surface area (Å²) in [5, 5.41) is 3.41. The topological polar surface area (TPSA) is 12.0 Å². The van der Waals surface area contributed by atoms with Crippen LogP contribution in [0, 0.1) is 0 Å². The molecule has 0 aliphatic carbocycles. The highest BCUT2D eigenvalue weighted by Crippen LogP contribution is 2.28. The van der Waals surface area contributed by atoms with Crippen LogP contribution in [0.1, 0.15) is 52.5 Å². The lowest BCUT2D eigenvalue weighted by atomic mass is 9.99. The van der Waals surface area contributed by atoms with E-state index in [9.17, 15) is 0 Å². The molecule has 17 heavy (non-hydrogen) atoms. The zero-order valence-corrected chi connectivity index (χ0v) is 11.6. The SMILES string of the molecule is CC1=CC(C)Nc2ccccc21.CCCCC. The van der Waals surface area contributed by atoms with E-state index in [4.69, 9.17) is 0 Å². The fraction of sp³-hybridized carbons (Fsp3) is 0.500. The molecule has 1 atom stereocenters. The number of fused-ring (bicyclic) bond motifs is 1. The van der Waals surface area contributed by atoms with E-state index >= 15 is 0 Å². The summed E-state index contributed by atoms with van der Waals surface area (Å²) in [5.74, 6) is 0. The molecule has 0 bridgehead atoms. The Hall–Kier alpha value is -1.24. The molecule has 1 aromatic carbocycles. The highest BCUT2D eigenvalue weighted by Gasteiger charge is 2.11. The highest BCUT2D eigenvalue weighted by atomic mass is 14.9. The van der Waals surface area contributed by atoms with Crippen molar-refractivity contribution in [3.63, 3.8) is 0 Å². The van der Waals surface area contributed by atoms with Gasteiger partial charge in [-0.15, -0.1) is 0 Å². The van der Waals surface area contributed by atoms with Gasteiger partial charge in [-0.25, -0.2) is 0 Å². The second-order valence-electron chi connectivity index (χ2n) is 4.68. The first-order valence-corrected chi connectivity index (χ1v) is 6.73. The molecular formula is C16H25N. The van der Waals surface area contributed by atoms with E-state index in [1.165, 1.54) is 36.1 Å². The highest BCUT2D eigenvalue weighted by molar-refractivity contribution is 5.78. The van der Waals surface area contributed by atoms with Crippen molar-refractivity contribution >= 4 is 11.3 Å². The van der Waals surface area contributed by atoms with Crippen molar-refractivity contribution in [3.05, 3.63) is 35.9 Å². The lowest BCUT2D eigenvalue weighted by molar-refractivity contribution is 0.772. The summed E-state index contributed by atoms with van der Waals surface area (Å²) in [6.45, 7) is 8.75. The molecule has 1 aliphatic heterocycles. The number of hydrogen-bond acceptors (Lipinski definition) is 1. The molecule has 0 saturated heterocycles. The molecule has 0 saturated carbocycles. The first-order valence-electron chi connectivity index (χ1n) is 6.73. The molecule has 0 radical (unpaired) electrons. The minimum absolute atomic E-state index is 0.458. The minimum atomic E-state index is 0.458. The molecule has 1 heteroatoms. The van der Waals surface area contributed by atoms with Crippen LogP contribution in [0.25, 0.3) is 5.57 Å². The number of hydrogen-bond donors (Lipinski definition) is 1. The molecular weight excluding hydrogens is 206 g/mol. The number of anilines is 1. The van der Waals surface area contributed by atoms with E-state index in [1.807, 2.05) is 0 Å². The third kappa shape index (κ3) is 4.26. The summed E-state index contributed by atoms with van der Waals surface area (Å²) in [4.78, 5) is 0. The van der Waals surface area contributed by atoms with E-state index in [1.54, 1.807) is 0 Å². The fourth-order valence-corrected chi connectivity index (χ4v) is 2.06. The van der Waals surface area contributed by atoms with Crippen LogP contribution in [0.5, 0.6) is 0 Å². The second kappa shape index (κ2) is 7.16. The summed E-state index contributed by atoms with van der Waals surface area (Å²) < 4.78 is 0. The largest absolute Gasteiger partial charge is 0.379 e. The number of nitrogens with one attached hydrogen (secondary N) is 1. The molecule has 1 N–H and O–H groups in total. The van der Waals surface area contributed by atoms with Gasteiger partial charge in [-0.1, -0.05) is 57.4 Å². The quantitative estimate of drug-likeness (QED) is 0.746. The predicted molar refractivity (Wildman–Crippen MR) is 78.4 cm³/mol. The van der Waals surface area contributed by atoms with Gasteiger partial charge in [0.1, 0.15) is 0 Å². The Labute approximate surface area is 106 Å². The van der Waals surface area contributed by atoms with Gasteiger partial charge in [0.2, 0.25) is 0 Å². The van der Waals surface area contributed by atoms with Gasteiger partial charge in [0.15, 0.2) is 0 Å². The van der Waals surface area contributed by atoms with Gasteiger partial charge in [0.25, 0.3) is 0 Å². The second-order valence-corrected chi connectivity index (χ2v) is 4.68. The van der Waals surface area contributed by atoms with E-state index in [0.29, 0.717) is 6.04 Å². The van der Waals surface area contributed by atoms with E-state index < -0.39 is 0 Å². The smallest absolute Gasteiger partial charge is 0.0422 e. The first kappa shape index (κ1) is 13.8. The molecule has 94 valence electrons. The Kier molecular flexibility index (Phi) is 5.82. The summed E-state index contributed by atoms with van der Waals surface area (Å²) >= 11 is 0. The molecule has 0 spiro atoms. The van der Waals surface area contributed by atoms with E-state index in [2.05, 4.69) is 63.4 Å². The molecule has 1 heterocycles. The lowest BCUT2D eigenvalue weighted by Gasteiger charge is -2.21. The maximum Gasteiger partial charge on any atom is 0.0422 e. The Morgan fingerprint density at radius 3 is 2.35 bits per heavy atom. The van der Waals surface area contributed by atoms with Crippen molar-refractivity contribution < 1.29 is 0 Å². The monoisotopic (exact) mass is 231 g/mol. The molecule has 0 aromatic heterocycles. The molecule has 0 amide bonds. The molecule has 0 fully saturated rings.